The molecule has 0 spiro atoms. The molecular weight excluding hydrogens is 227 g/mol. The second-order valence-corrected chi connectivity index (χ2v) is 3.03. The van der Waals surface area contributed by atoms with Gasteiger partial charge in [0, 0.05) is 4.47 Å². The Bertz CT molecular complexity index is 293. The van der Waals surface area contributed by atoms with E-state index in [2.05, 4.69) is 21.4 Å². The first-order chi connectivity index (χ1) is 5.69. The van der Waals surface area contributed by atoms with Gasteiger partial charge in [-0.1, -0.05) is 15.9 Å². The zero-order chi connectivity index (χ0) is 9.14. The van der Waals surface area contributed by atoms with E-state index in [1.807, 2.05) is 0 Å². The zero-order valence-electron chi connectivity index (χ0n) is 6.40. The Morgan fingerprint density at radius 1 is 1.58 bits per heavy atom. The molecule has 0 radical (unpaired) electrons. The molecule has 0 aliphatic heterocycles. The van der Waals surface area contributed by atoms with E-state index in [1.165, 1.54) is 13.2 Å². The number of methoxy groups -OCH3 is 1. The molecule has 1 rings (SSSR count). The molecule has 0 bridgehead atoms. The van der Waals surface area contributed by atoms with E-state index >= 15 is 0 Å². The van der Waals surface area contributed by atoms with Crippen LogP contribution in [-0.2, 0) is 0 Å². The number of halogens is 2. The Balaban J connectivity index is 3.24. The lowest BCUT2D eigenvalue weighted by Crippen LogP contribution is -2.08. The maximum Gasteiger partial charge on any atom is 0.179 e. The lowest BCUT2D eigenvalue weighted by Gasteiger charge is -2.08. The highest BCUT2D eigenvalue weighted by atomic mass is 79.9. The van der Waals surface area contributed by atoms with Crippen molar-refractivity contribution in [2.45, 2.75) is 0 Å². The maximum atomic E-state index is 13.0. The van der Waals surface area contributed by atoms with E-state index in [-0.39, 0.29) is 5.75 Å². The number of nitrogens with two attached hydrogens (primary N) is 1. The Labute approximate surface area is 77.8 Å². The van der Waals surface area contributed by atoms with Crippen LogP contribution >= 0.6 is 15.9 Å². The summed E-state index contributed by atoms with van der Waals surface area (Å²) in [6.45, 7) is 0. The molecule has 3 nitrogen and oxygen atoms in total. The molecule has 0 unspecified atom stereocenters. The van der Waals surface area contributed by atoms with Crippen LogP contribution in [0.3, 0.4) is 0 Å². The van der Waals surface area contributed by atoms with Crippen LogP contribution < -0.4 is 16.0 Å². The summed E-state index contributed by atoms with van der Waals surface area (Å²) in [6, 6.07) is 2.93. The third-order valence-corrected chi connectivity index (χ3v) is 1.83. The average Bonchev–Trinajstić information content (AvgIpc) is 2.03. The van der Waals surface area contributed by atoms with Gasteiger partial charge in [0.15, 0.2) is 11.6 Å². The highest BCUT2D eigenvalue weighted by Gasteiger charge is 2.08. The van der Waals surface area contributed by atoms with Crippen LogP contribution in [-0.4, -0.2) is 7.11 Å². The largest absolute Gasteiger partial charge is 0.492 e. The molecule has 1 aromatic rings. The second-order valence-electron chi connectivity index (χ2n) is 2.11. The van der Waals surface area contributed by atoms with Crippen molar-refractivity contribution in [3.8, 4) is 5.75 Å². The van der Waals surface area contributed by atoms with Crippen molar-refractivity contribution in [1.29, 1.82) is 0 Å². The molecule has 0 aromatic heterocycles. The van der Waals surface area contributed by atoms with E-state index in [1.54, 1.807) is 6.07 Å². The number of hydrogen-bond donors (Lipinski definition) is 2. The molecule has 0 saturated heterocycles. The first kappa shape index (κ1) is 9.28. The molecule has 0 aliphatic rings. The number of hydrogen-bond acceptors (Lipinski definition) is 3. The lowest BCUT2D eigenvalue weighted by atomic mass is 10.3. The van der Waals surface area contributed by atoms with Crippen LogP contribution in [0.5, 0.6) is 5.75 Å². The Kier molecular flexibility index (Phi) is 2.88. The van der Waals surface area contributed by atoms with Crippen molar-refractivity contribution in [2.24, 2.45) is 5.84 Å². The van der Waals surface area contributed by atoms with Crippen molar-refractivity contribution in [3.63, 3.8) is 0 Å². The predicted molar refractivity (Wildman–Crippen MR) is 48.5 cm³/mol. The third-order valence-electron chi connectivity index (χ3n) is 1.37. The Hall–Kier alpha value is -0.810. The minimum Gasteiger partial charge on any atom is -0.492 e. The summed E-state index contributed by atoms with van der Waals surface area (Å²) >= 11 is 3.13. The molecule has 12 heavy (non-hydrogen) atoms. The second kappa shape index (κ2) is 3.73. The van der Waals surface area contributed by atoms with E-state index in [0.717, 1.165) is 0 Å². The van der Waals surface area contributed by atoms with Gasteiger partial charge in [0.05, 0.1) is 12.8 Å². The van der Waals surface area contributed by atoms with Gasteiger partial charge in [-0.05, 0) is 12.1 Å². The Morgan fingerprint density at radius 2 is 2.25 bits per heavy atom. The van der Waals surface area contributed by atoms with Crippen LogP contribution in [0.15, 0.2) is 16.6 Å². The maximum absolute atomic E-state index is 13.0. The molecule has 3 N–H and O–H groups in total. The van der Waals surface area contributed by atoms with Gasteiger partial charge in [0.2, 0.25) is 0 Å². The molecule has 5 heteroatoms. The van der Waals surface area contributed by atoms with Crippen molar-refractivity contribution in [2.75, 3.05) is 12.5 Å². The number of nitrogens with one attached hydrogen (secondary N) is 1. The fourth-order valence-electron chi connectivity index (χ4n) is 0.875. The van der Waals surface area contributed by atoms with E-state index in [0.29, 0.717) is 10.2 Å². The average molecular weight is 235 g/mol. The SMILES string of the molecule is COc1c(F)cc(Br)cc1NN. The number of rotatable bonds is 2. The highest BCUT2D eigenvalue weighted by Crippen LogP contribution is 2.30. The monoisotopic (exact) mass is 234 g/mol. The first-order valence-electron chi connectivity index (χ1n) is 3.18. The molecule has 66 valence electrons. The fourth-order valence-corrected chi connectivity index (χ4v) is 1.30. The first-order valence-corrected chi connectivity index (χ1v) is 3.98. The van der Waals surface area contributed by atoms with Crippen LogP contribution in [0.2, 0.25) is 0 Å². The standard InChI is InChI=1S/C7H8BrFN2O/c1-12-7-5(9)2-4(8)3-6(7)11-10/h2-3,11H,10H2,1H3. The van der Waals surface area contributed by atoms with Crippen molar-refractivity contribution in [1.82, 2.24) is 0 Å². The van der Waals surface area contributed by atoms with Crippen LogP contribution in [0, 0.1) is 5.82 Å². The Morgan fingerprint density at radius 3 is 2.75 bits per heavy atom. The van der Waals surface area contributed by atoms with Crippen molar-refractivity contribution in [3.05, 3.63) is 22.4 Å². The number of anilines is 1. The molecule has 0 amide bonds. The minimum absolute atomic E-state index is 0.112. The van der Waals surface area contributed by atoms with E-state index in [9.17, 15) is 4.39 Å². The van der Waals surface area contributed by atoms with Gasteiger partial charge >= 0.3 is 0 Å². The van der Waals surface area contributed by atoms with Crippen molar-refractivity contribution < 1.29 is 9.13 Å². The number of benzene rings is 1. The van der Waals surface area contributed by atoms with Crippen LogP contribution in [0.4, 0.5) is 10.1 Å². The summed E-state index contributed by atoms with van der Waals surface area (Å²) < 4.78 is 18.4. The number of hydrazine groups is 1. The van der Waals surface area contributed by atoms with E-state index < -0.39 is 5.82 Å². The molecule has 0 atom stereocenters. The van der Waals surface area contributed by atoms with Gasteiger partial charge in [-0.3, -0.25) is 5.84 Å². The molecule has 0 fully saturated rings. The quantitative estimate of drug-likeness (QED) is 0.607. The summed E-state index contributed by atoms with van der Waals surface area (Å²) in [5.74, 6) is 4.80. The minimum atomic E-state index is -0.458. The van der Waals surface area contributed by atoms with Gasteiger partial charge in [-0.25, -0.2) is 4.39 Å². The van der Waals surface area contributed by atoms with Gasteiger partial charge in [0.1, 0.15) is 0 Å². The summed E-state index contributed by atoms with van der Waals surface area (Å²) in [5, 5.41) is 0. The number of ether oxygens (including phenoxy) is 1. The van der Waals surface area contributed by atoms with Crippen LogP contribution in [0.1, 0.15) is 0 Å². The smallest absolute Gasteiger partial charge is 0.179 e. The summed E-state index contributed by atoms with van der Waals surface area (Å²) in [7, 11) is 1.38. The van der Waals surface area contributed by atoms with Crippen LogP contribution in [0.25, 0.3) is 0 Å². The normalized spacial score (nSPS) is 9.67. The molecule has 0 heterocycles. The molecule has 0 saturated carbocycles. The fraction of sp³-hybridized carbons (Fsp3) is 0.143. The summed E-state index contributed by atoms with van der Waals surface area (Å²) in [6.07, 6.45) is 0. The number of nitrogen functional groups attached to an aromatic ring is 1. The van der Waals surface area contributed by atoms with Crippen molar-refractivity contribution >= 4 is 21.6 Å². The summed E-state index contributed by atoms with van der Waals surface area (Å²) in [4.78, 5) is 0. The van der Waals surface area contributed by atoms with Gasteiger partial charge < -0.3 is 10.2 Å². The van der Waals surface area contributed by atoms with Gasteiger partial charge in [-0.15, -0.1) is 0 Å². The van der Waals surface area contributed by atoms with Gasteiger partial charge in [-0.2, -0.15) is 0 Å². The molecule has 1 aromatic carbocycles. The predicted octanol–water partition coefficient (Wildman–Crippen LogP) is 1.88. The van der Waals surface area contributed by atoms with E-state index in [4.69, 9.17) is 10.6 Å². The molecular formula is C7H8BrFN2O. The third kappa shape index (κ3) is 1.67. The topological polar surface area (TPSA) is 47.3 Å². The zero-order valence-corrected chi connectivity index (χ0v) is 7.98. The summed E-state index contributed by atoms with van der Waals surface area (Å²) in [5.41, 5.74) is 2.74. The molecule has 0 aliphatic carbocycles. The lowest BCUT2D eigenvalue weighted by molar-refractivity contribution is 0.388. The highest BCUT2D eigenvalue weighted by molar-refractivity contribution is 9.10. The van der Waals surface area contributed by atoms with Gasteiger partial charge in [0.25, 0.3) is 0 Å².